The van der Waals surface area contributed by atoms with Gasteiger partial charge in [0.2, 0.25) is 0 Å². The lowest BCUT2D eigenvalue weighted by Gasteiger charge is -2.36. The number of carbonyl (C=O) groups is 1. The molecule has 2 atom stereocenters. The molecule has 0 bridgehead atoms. The Morgan fingerprint density at radius 2 is 2.21 bits per heavy atom. The van der Waals surface area contributed by atoms with E-state index in [4.69, 9.17) is 0 Å². The molecule has 2 rings (SSSR count). The summed E-state index contributed by atoms with van der Waals surface area (Å²) < 4.78 is 1.05. The van der Waals surface area contributed by atoms with Gasteiger partial charge in [-0.05, 0) is 37.5 Å². The molecule has 1 aromatic carbocycles. The van der Waals surface area contributed by atoms with Crippen molar-refractivity contribution in [2.45, 2.75) is 31.8 Å². The molecule has 0 aliphatic carbocycles. The molecule has 2 amide bonds. The van der Waals surface area contributed by atoms with E-state index in [1.165, 1.54) is 0 Å². The minimum absolute atomic E-state index is 0.0218. The number of nitrogens with one attached hydrogen (secondary N) is 1. The van der Waals surface area contributed by atoms with E-state index in [0.29, 0.717) is 0 Å². The van der Waals surface area contributed by atoms with Gasteiger partial charge in [-0.25, -0.2) is 4.79 Å². The zero-order valence-electron chi connectivity index (χ0n) is 11.1. The lowest BCUT2D eigenvalue weighted by atomic mass is 10.0. The molecule has 1 aliphatic rings. The Balaban J connectivity index is 2.04. The van der Waals surface area contributed by atoms with Gasteiger partial charge in [0.1, 0.15) is 0 Å². The molecule has 102 valence electrons. The molecule has 0 aromatic heterocycles. The van der Waals surface area contributed by atoms with E-state index >= 15 is 0 Å². The largest absolute Gasteiger partial charge is 0.335 e. The summed E-state index contributed by atoms with van der Waals surface area (Å²) in [5, 5.41) is 3.04. The second kappa shape index (κ2) is 6.24. The van der Waals surface area contributed by atoms with E-state index in [9.17, 15) is 4.79 Å². The number of halogens is 1. The fourth-order valence-corrected chi connectivity index (χ4v) is 2.66. The van der Waals surface area contributed by atoms with Crippen molar-refractivity contribution in [3.05, 3.63) is 47.0 Å². The summed E-state index contributed by atoms with van der Waals surface area (Å²) in [4.78, 5) is 14.0. The van der Waals surface area contributed by atoms with Gasteiger partial charge in [0, 0.05) is 17.1 Å². The van der Waals surface area contributed by atoms with Gasteiger partial charge < -0.3 is 10.2 Å². The Hall–Kier alpha value is -1.29. The van der Waals surface area contributed by atoms with E-state index in [0.717, 1.165) is 29.4 Å². The van der Waals surface area contributed by atoms with Crippen LogP contribution in [0.3, 0.4) is 0 Å². The Kier molecular flexibility index (Phi) is 4.64. The van der Waals surface area contributed by atoms with Gasteiger partial charge in [-0.1, -0.05) is 34.1 Å². The Labute approximate surface area is 122 Å². The lowest BCUT2D eigenvalue weighted by molar-refractivity contribution is 0.154. The Morgan fingerprint density at radius 1 is 1.53 bits per heavy atom. The van der Waals surface area contributed by atoms with Crippen LogP contribution in [-0.4, -0.2) is 23.5 Å². The van der Waals surface area contributed by atoms with Gasteiger partial charge in [-0.3, -0.25) is 0 Å². The number of nitrogens with zero attached hydrogens (tertiary/aromatic N) is 1. The van der Waals surface area contributed by atoms with Crippen molar-refractivity contribution in [1.29, 1.82) is 0 Å². The predicted molar refractivity (Wildman–Crippen MR) is 81.0 cm³/mol. The molecule has 1 saturated heterocycles. The van der Waals surface area contributed by atoms with Gasteiger partial charge in [0.15, 0.2) is 0 Å². The molecular weight excluding hydrogens is 304 g/mol. The van der Waals surface area contributed by atoms with Crippen molar-refractivity contribution in [1.82, 2.24) is 10.2 Å². The summed E-state index contributed by atoms with van der Waals surface area (Å²) in [6.45, 7) is 6.58. The summed E-state index contributed by atoms with van der Waals surface area (Å²) in [6, 6.07) is 8.47. The van der Waals surface area contributed by atoms with Crippen LogP contribution < -0.4 is 5.32 Å². The van der Waals surface area contributed by atoms with Crippen LogP contribution in [0.4, 0.5) is 4.79 Å². The maximum atomic E-state index is 12.1. The molecule has 1 heterocycles. The van der Waals surface area contributed by atoms with Gasteiger partial charge >= 0.3 is 6.03 Å². The number of rotatable bonds is 4. The van der Waals surface area contributed by atoms with E-state index in [1.807, 2.05) is 23.1 Å². The zero-order chi connectivity index (χ0) is 13.8. The minimum Gasteiger partial charge on any atom is -0.335 e. The van der Waals surface area contributed by atoms with Crippen molar-refractivity contribution in [2.75, 3.05) is 6.54 Å². The first kappa shape index (κ1) is 14.1. The van der Waals surface area contributed by atoms with Gasteiger partial charge in [0.25, 0.3) is 0 Å². The van der Waals surface area contributed by atoms with E-state index in [-0.39, 0.29) is 18.1 Å². The summed E-state index contributed by atoms with van der Waals surface area (Å²) in [6.07, 6.45) is 3.67. The van der Waals surface area contributed by atoms with Crippen LogP contribution in [0.5, 0.6) is 0 Å². The minimum atomic E-state index is 0.0218. The Bertz CT molecular complexity index is 458. The number of carbonyl (C=O) groups excluding carboxylic acids is 1. The van der Waals surface area contributed by atoms with Crippen molar-refractivity contribution < 1.29 is 4.79 Å². The highest BCUT2D eigenvalue weighted by Crippen LogP contribution is 2.24. The predicted octanol–water partition coefficient (Wildman–Crippen LogP) is 3.87. The van der Waals surface area contributed by atoms with E-state index in [1.54, 1.807) is 0 Å². The third kappa shape index (κ3) is 3.38. The van der Waals surface area contributed by atoms with Crippen LogP contribution in [0.25, 0.3) is 0 Å². The van der Waals surface area contributed by atoms with Gasteiger partial charge in [0.05, 0.1) is 6.04 Å². The first-order valence-electron chi connectivity index (χ1n) is 6.55. The summed E-state index contributed by atoms with van der Waals surface area (Å²) in [7, 11) is 0. The molecule has 0 radical (unpaired) electrons. The second-order valence-electron chi connectivity index (χ2n) is 4.88. The molecule has 0 spiro atoms. The third-order valence-electron chi connectivity index (χ3n) is 3.58. The molecule has 1 aromatic rings. The number of hydrogen-bond donors (Lipinski definition) is 1. The molecule has 1 N–H and O–H groups in total. The highest BCUT2D eigenvalue weighted by Gasteiger charge is 2.28. The third-order valence-corrected chi connectivity index (χ3v) is 4.11. The average molecular weight is 323 g/mol. The molecule has 4 heteroatoms. The number of amides is 2. The van der Waals surface area contributed by atoms with Crippen molar-refractivity contribution in [3.8, 4) is 0 Å². The quantitative estimate of drug-likeness (QED) is 0.838. The van der Waals surface area contributed by atoms with Crippen molar-refractivity contribution in [3.63, 3.8) is 0 Å². The average Bonchev–Trinajstić information content (AvgIpc) is 2.39. The first-order chi connectivity index (χ1) is 9.11. The number of urea groups is 1. The maximum absolute atomic E-state index is 12.1. The highest BCUT2D eigenvalue weighted by molar-refractivity contribution is 9.10. The van der Waals surface area contributed by atoms with Gasteiger partial charge in [-0.15, -0.1) is 6.58 Å². The fraction of sp³-hybridized carbons (Fsp3) is 0.400. The molecule has 1 fully saturated rings. The lowest BCUT2D eigenvalue weighted by Crippen LogP contribution is -2.52. The van der Waals surface area contributed by atoms with Crippen LogP contribution in [0.15, 0.2) is 41.4 Å². The van der Waals surface area contributed by atoms with E-state index in [2.05, 4.69) is 46.9 Å². The molecule has 19 heavy (non-hydrogen) atoms. The van der Waals surface area contributed by atoms with Crippen molar-refractivity contribution >= 4 is 22.0 Å². The van der Waals surface area contributed by atoms with Gasteiger partial charge in [-0.2, -0.15) is 0 Å². The van der Waals surface area contributed by atoms with Crippen LogP contribution in [0.1, 0.15) is 31.4 Å². The zero-order valence-corrected chi connectivity index (χ0v) is 12.7. The molecule has 1 aliphatic heterocycles. The monoisotopic (exact) mass is 322 g/mol. The molecule has 2 unspecified atom stereocenters. The summed E-state index contributed by atoms with van der Waals surface area (Å²) in [5.74, 6) is 0. The maximum Gasteiger partial charge on any atom is 0.318 e. The van der Waals surface area contributed by atoms with Crippen LogP contribution in [-0.2, 0) is 0 Å². The summed E-state index contributed by atoms with van der Waals surface area (Å²) in [5.41, 5.74) is 1.15. The van der Waals surface area contributed by atoms with E-state index < -0.39 is 0 Å². The molecule has 3 nitrogen and oxygen atoms in total. The highest BCUT2D eigenvalue weighted by atomic mass is 79.9. The Morgan fingerprint density at radius 3 is 2.79 bits per heavy atom. The summed E-state index contributed by atoms with van der Waals surface area (Å²) >= 11 is 3.43. The SMILES string of the molecule is C=CCC1CCN(C(C)c2ccc(Br)cc2)C(=O)N1. The normalized spacial score (nSPS) is 20.8. The van der Waals surface area contributed by atoms with Crippen molar-refractivity contribution in [2.24, 2.45) is 0 Å². The van der Waals surface area contributed by atoms with Crippen LogP contribution >= 0.6 is 15.9 Å². The number of hydrogen-bond acceptors (Lipinski definition) is 1. The second-order valence-corrected chi connectivity index (χ2v) is 5.80. The van der Waals surface area contributed by atoms with Crippen LogP contribution in [0, 0.1) is 0 Å². The first-order valence-corrected chi connectivity index (χ1v) is 7.34. The number of benzene rings is 1. The molecular formula is C15H19BrN2O. The smallest absolute Gasteiger partial charge is 0.318 e. The fourth-order valence-electron chi connectivity index (χ4n) is 2.39. The molecule has 0 saturated carbocycles. The van der Waals surface area contributed by atoms with Crippen LogP contribution in [0.2, 0.25) is 0 Å². The topological polar surface area (TPSA) is 32.3 Å². The standard InChI is InChI=1S/C15H19BrN2O/c1-3-4-14-9-10-18(15(19)17-14)11(2)12-5-7-13(16)8-6-12/h3,5-8,11,14H,1,4,9-10H2,2H3,(H,17,19).